The van der Waals surface area contributed by atoms with Crippen molar-refractivity contribution in [2.45, 2.75) is 25.3 Å². The van der Waals surface area contributed by atoms with E-state index in [2.05, 4.69) is 18.3 Å². The second-order valence-electron chi connectivity index (χ2n) is 3.76. The smallest absolute Gasteiger partial charge is 0.0459 e. The van der Waals surface area contributed by atoms with Crippen molar-refractivity contribution < 1.29 is 0 Å². The van der Waals surface area contributed by atoms with Gasteiger partial charge in [-0.05, 0) is 44.0 Å². The van der Waals surface area contributed by atoms with E-state index in [9.17, 15) is 0 Å². The monoisotopic (exact) mass is 195 g/mol. The van der Waals surface area contributed by atoms with Crippen molar-refractivity contribution in [3.05, 3.63) is 34.3 Å². The van der Waals surface area contributed by atoms with Gasteiger partial charge >= 0.3 is 0 Å². The highest BCUT2D eigenvalue weighted by Crippen LogP contribution is 2.48. The molecule has 0 amide bonds. The maximum absolute atomic E-state index is 6.19. The van der Waals surface area contributed by atoms with E-state index < -0.39 is 0 Å². The number of hydrogen-bond donors (Lipinski definition) is 1. The highest BCUT2D eigenvalue weighted by molar-refractivity contribution is 6.31. The average molecular weight is 196 g/mol. The Morgan fingerprint density at radius 1 is 1.38 bits per heavy atom. The molecule has 0 aliphatic heterocycles. The third kappa shape index (κ3) is 1.36. The predicted octanol–water partition coefficient (Wildman–Crippen LogP) is 2.86. The van der Waals surface area contributed by atoms with Crippen LogP contribution in [-0.2, 0) is 5.54 Å². The fraction of sp³-hybridized carbons (Fsp3) is 0.455. The number of rotatable bonds is 2. The van der Waals surface area contributed by atoms with Gasteiger partial charge in [0.2, 0.25) is 0 Å². The summed E-state index contributed by atoms with van der Waals surface area (Å²) in [5.74, 6) is 0. The lowest BCUT2D eigenvalue weighted by atomic mass is 9.99. The quantitative estimate of drug-likeness (QED) is 0.766. The summed E-state index contributed by atoms with van der Waals surface area (Å²) in [5.41, 5.74) is 2.76. The lowest BCUT2D eigenvalue weighted by molar-refractivity contribution is 0.582. The van der Waals surface area contributed by atoms with Gasteiger partial charge in [-0.15, -0.1) is 0 Å². The molecule has 0 heterocycles. The Morgan fingerprint density at radius 3 is 2.54 bits per heavy atom. The van der Waals surface area contributed by atoms with E-state index in [1.54, 1.807) is 0 Å². The molecule has 1 aliphatic rings. The minimum atomic E-state index is 0.183. The molecular formula is C11H14ClN. The molecular weight excluding hydrogens is 182 g/mol. The van der Waals surface area contributed by atoms with Crippen molar-refractivity contribution in [1.82, 2.24) is 5.32 Å². The van der Waals surface area contributed by atoms with E-state index in [0.717, 1.165) is 5.02 Å². The van der Waals surface area contributed by atoms with E-state index >= 15 is 0 Å². The molecule has 1 aromatic rings. The summed E-state index contributed by atoms with van der Waals surface area (Å²) in [4.78, 5) is 0. The topological polar surface area (TPSA) is 12.0 Å². The summed E-state index contributed by atoms with van der Waals surface area (Å²) in [6.45, 7) is 2.12. The van der Waals surface area contributed by atoms with Gasteiger partial charge in [0, 0.05) is 10.6 Å². The first-order valence-electron chi connectivity index (χ1n) is 4.64. The van der Waals surface area contributed by atoms with Crippen LogP contribution >= 0.6 is 11.6 Å². The molecule has 0 unspecified atom stereocenters. The Bertz CT molecular complexity index is 309. The standard InChI is InChI=1S/C11H14ClN/c1-8-4-3-5-9(12)10(8)11(13-2)6-7-11/h3-5,13H,6-7H2,1-2H3. The molecule has 1 nitrogen and oxygen atoms in total. The number of hydrogen-bond acceptors (Lipinski definition) is 1. The molecule has 1 saturated carbocycles. The maximum Gasteiger partial charge on any atom is 0.0459 e. The first-order chi connectivity index (χ1) is 6.19. The largest absolute Gasteiger partial charge is 0.310 e. The molecule has 70 valence electrons. The van der Waals surface area contributed by atoms with Crippen molar-refractivity contribution in [3.63, 3.8) is 0 Å². The predicted molar refractivity (Wildman–Crippen MR) is 56.2 cm³/mol. The van der Waals surface area contributed by atoms with Crippen LogP contribution in [0.5, 0.6) is 0 Å². The van der Waals surface area contributed by atoms with Crippen molar-refractivity contribution >= 4 is 11.6 Å². The van der Waals surface area contributed by atoms with E-state index in [1.165, 1.54) is 24.0 Å². The number of halogens is 1. The second kappa shape index (κ2) is 3.00. The Labute approximate surface area is 84.1 Å². The van der Waals surface area contributed by atoms with Crippen molar-refractivity contribution in [2.75, 3.05) is 7.05 Å². The zero-order valence-corrected chi connectivity index (χ0v) is 8.78. The summed E-state index contributed by atoms with van der Waals surface area (Å²) in [6.07, 6.45) is 2.40. The van der Waals surface area contributed by atoms with Crippen LogP contribution in [0.25, 0.3) is 0 Å². The zero-order valence-electron chi connectivity index (χ0n) is 8.02. The number of benzene rings is 1. The van der Waals surface area contributed by atoms with Gasteiger partial charge in [0.1, 0.15) is 0 Å². The molecule has 0 saturated heterocycles. The van der Waals surface area contributed by atoms with Crippen LogP contribution in [0.3, 0.4) is 0 Å². The molecule has 0 aromatic heterocycles. The average Bonchev–Trinajstić information content (AvgIpc) is 2.85. The normalized spacial score (nSPS) is 18.7. The van der Waals surface area contributed by atoms with Crippen LogP contribution < -0.4 is 5.32 Å². The first-order valence-corrected chi connectivity index (χ1v) is 5.02. The molecule has 0 spiro atoms. The van der Waals surface area contributed by atoms with E-state index in [1.807, 2.05) is 19.2 Å². The van der Waals surface area contributed by atoms with Gasteiger partial charge in [-0.1, -0.05) is 23.7 Å². The third-order valence-electron chi connectivity index (χ3n) is 2.93. The molecule has 1 N–H and O–H groups in total. The van der Waals surface area contributed by atoms with Gasteiger partial charge in [0.05, 0.1) is 0 Å². The Morgan fingerprint density at radius 2 is 2.08 bits per heavy atom. The highest BCUT2D eigenvalue weighted by atomic mass is 35.5. The molecule has 1 fully saturated rings. The van der Waals surface area contributed by atoms with Crippen LogP contribution in [0.2, 0.25) is 5.02 Å². The Kier molecular flexibility index (Phi) is 2.09. The lowest BCUT2D eigenvalue weighted by Crippen LogP contribution is -2.25. The van der Waals surface area contributed by atoms with Crippen molar-refractivity contribution in [3.8, 4) is 0 Å². The van der Waals surface area contributed by atoms with Crippen LogP contribution in [0.4, 0.5) is 0 Å². The SMILES string of the molecule is CNC1(c2c(C)cccc2Cl)CC1. The minimum absolute atomic E-state index is 0.183. The summed E-state index contributed by atoms with van der Waals surface area (Å²) in [5, 5.41) is 4.26. The zero-order chi connectivity index (χ0) is 9.47. The molecule has 0 bridgehead atoms. The number of aryl methyl sites for hydroxylation is 1. The van der Waals surface area contributed by atoms with E-state index in [-0.39, 0.29) is 5.54 Å². The van der Waals surface area contributed by atoms with Gasteiger partial charge in [-0.25, -0.2) is 0 Å². The summed E-state index contributed by atoms with van der Waals surface area (Å²) in [7, 11) is 2.01. The Balaban J connectivity index is 2.50. The fourth-order valence-corrected chi connectivity index (χ4v) is 2.39. The van der Waals surface area contributed by atoms with Gasteiger partial charge in [-0.2, -0.15) is 0 Å². The van der Waals surface area contributed by atoms with Gasteiger partial charge in [-0.3, -0.25) is 0 Å². The van der Waals surface area contributed by atoms with Gasteiger partial charge in [0.15, 0.2) is 0 Å². The van der Waals surface area contributed by atoms with Crippen molar-refractivity contribution in [2.24, 2.45) is 0 Å². The summed E-state index contributed by atoms with van der Waals surface area (Å²) in [6, 6.07) is 6.10. The van der Waals surface area contributed by atoms with Crippen LogP contribution in [0.1, 0.15) is 24.0 Å². The second-order valence-corrected chi connectivity index (χ2v) is 4.17. The first kappa shape index (κ1) is 9.04. The van der Waals surface area contributed by atoms with Crippen LogP contribution in [-0.4, -0.2) is 7.05 Å². The summed E-state index contributed by atoms with van der Waals surface area (Å²) < 4.78 is 0. The Hall–Kier alpha value is -0.530. The lowest BCUT2D eigenvalue weighted by Gasteiger charge is -2.18. The van der Waals surface area contributed by atoms with Crippen LogP contribution in [0.15, 0.2) is 18.2 Å². The molecule has 1 aromatic carbocycles. The van der Waals surface area contributed by atoms with E-state index in [4.69, 9.17) is 11.6 Å². The highest BCUT2D eigenvalue weighted by Gasteiger charge is 2.44. The summed E-state index contributed by atoms with van der Waals surface area (Å²) >= 11 is 6.19. The molecule has 2 rings (SSSR count). The van der Waals surface area contributed by atoms with Crippen LogP contribution in [0, 0.1) is 6.92 Å². The third-order valence-corrected chi connectivity index (χ3v) is 3.24. The molecule has 2 heteroatoms. The van der Waals surface area contributed by atoms with Gasteiger partial charge in [0.25, 0.3) is 0 Å². The fourth-order valence-electron chi connectivity index (χ4n) is 1.99. The molecule has 1 aliphatic carbocycles. The van der Waals surface area contributed by atoms with E-state index in [0.29, 0.717) is 0 Å². The minimum Gasteiger partial charge on any atom is -0.310 e. The number of nitrogens with one attached hydrogen (secondary N) is 1. The molecule has 0 radical (unpaired) electrons. The maximum atomic E-state index is 6.19. The van der Waals surface area contributed by atoms with Gasteiger partial charge < -0.3 is 5.32 Å². The molecule has 13 heavy (non-hydrogen) atoms. The van der Waals surface area contributed by atoms with Crippen molar-refractivity contribution in [1.29, 1.82) is 0 Å². The molecule has 0 atom stereocenters.